The van der Waals surface area contributed by atoms with Crippen molar-refractivity contribution in [3.8, 4) is 0 Å². The van der Waals surface area contributed by atoms with Crippen LogP contribution in [0.1, 0.15) is 87.5 Å². The maximum atomic E-state index is 13.7. The molecule has 3 saturated carbocycles. The number of aliphatic hydroxyl groups is 1. The Balaban J connectivity index is 1.95. The van der Waals surface area contributed by atoms with Crippen LogP contribution in [0.3, 0.4) is 0 Å². The second-order valence-electron chi connectivity index (χ2n) is 13.6. The number of methoxy groups -OCH3 is 2. The monoisotopic (exact) mass is 570 g/mol. The van der Waals surface area contributed by atoms with Crippen LogP contribution in [0.15, 0.2) is 47.1 Å². The lowest BCUT2D eigenvalue weighted by Gasteiger charge is -2.61. The Morgan fingerprint density at radius 3 is 2.27 bits per heavy atom. The fraction of sp³-hybridized carbons (Fsp3) is 0.676. The molecule has 0 unspecified atom stereocenters. The molecular weight excluding hydrogens is 520 g/mol. The van der Waals surface area contributed by atoms with Crippen LogP contribution in [-0.4, -0.2) is 54.9 Å². The molecule has 0 aliphatic heterocycles. The van der Waals surface area contributed by atoms with Gasteiger partial charge in [0.25, 0.3) is 0 Å². The van der Waals surface area contributed by atoms with Gasteiger partial charge in [-0.3, -0.25) is 14.4 Å². The van der Waals surface area contributed by atoms with Crippen LogP contribution >= 0.6 is 0 Å². The van der Waals surface area contributed by atoms with Crippen molar-refractivity contribution in [2.45, 2.75) is 105 Å². The van der Waals surface area contributed by atoms with Gasteiger partial charge >= 0.3 is 11.9 Å². The van der Waals surface area contributed by atoms with Crippen molar-refractivity contribution >= 4 is 17.7 Å². The Morgan fingerprint density at radius 2 is 1.71 bits per heavy atom. The van der Waals surface area contributed by atoms with Crippen molar-refractivity contribution in [3.63, 3.8) is 0 Å². The third-order valence-corrected chi connectivity index (χ3v) is 10.3. The molecule has 7 nitrogen and oxygen atoms in total. The first-order valence-electron chi connectivity index (χ1n) is 14.7. The molecule has 7 atom stereocenters. The smallest absolute Gasteiger partial charge is 0.315 e. The highest BCUT2D eigenvalue weighted by atomic mass is 16.6. The van der Waals surface area contributed by atoms with Gasteiger partial charge < -0.3 is 19.3 Å². The number of Topliss-reactive ketones (excluding diaryl/α,β-unsaturated/α-hetero) is 1. The van der Waals surface area contributed by atoms with E-state index < -0.39 is 23.1 Å². The molecule has 1 N–H and O–H groups in total. The average Bonchev–Trinajstić information content (AvgIpc) is 3.15. The van der Waals surface area contributed by atoms with Crippen LogP contribution in [0.25, 0.3) is 0 Å². The lowest BCUT2D eigenvalue weighted by atomic mass is 9.42. The van der Waals surface area contributed by atoms with Crippen LogP contribution in [0.4, 0.5) is 0 Å². The first-order valence-corrected chi connectivity index (χ1v) is 14.7. The predicted molar refractivity (Wildman–Crippen MR) is 159 cm³/mol. The maximum Gasteiger partial charge on any atom is 0.315 e. The number of hydrogen-bond donors (Lipinski definition) is 1. The molecule has 0 radical (unpaired) electrons. The molecule has 41 heavy (non-hydrogen) atoms. The van der Waals surface area contributed by atoms with Crippen LogP contribution in [0.5, 0.6) is 0 Å². The summed E-state index contributed by atoms with van der Waals surface area (Å²) in [5.74, 6) is -0.574. The van der Waals surface area contributed by atoms with E-state index in [1.165, 1.54) is 14.0 Å². The number of carbonyl (C=O) groups excluding carboxylic acids is 3. The molecule has 228 valence electrons. The lowest BCUT2D eigenvalue weighted by molar-refractivity contribution is -0.206. The van der Waals surface area contributed by atoms with E-state index in [0.717, 1.165) is 36.0 Å². The second kappa shape index (κ2) is 12.0. The summed E-state index contributed by atoms with van der Waals surface area (Å²) in [6, 6.07) is 0. The Hall–Kier alpha value is -2.51. The molecule has 0 spiro atoms. The topological polar surface area (TPSA) is 99.1 Å². The zero-order valence-electron chi connectivity index (χ0n) is 26.6. The normalized spacial score (nSPS) is 36.2. The zero-order valence-corrected chi connectivity index (χ0v) is 26.6. The standard InChI is InChI=1S/C34H50O7/c1-21(25(39-9)14-17-31(4,5)38)12-11-13-22(2)29-24(36)20-27-32(6)19-16-28(41-23(3)35)34(8,30(37)40-10)26(32)15-18-33(27,29)7/h11-14,17,25-28,38H,15-16,18-20H2,1-10H3/b13-11+,17-14+,21-12+,29-22-/t25-,26-,27-,28-,32+,33+,34-/m1/s1. The molecule has 0 aromatic rings. The van der Waals surface area contributed by atoms with Crippen molar-refractivity contribution in [1.29, 1.82) is 0 Å². The van der Waals surface area contributed by atoms with Gasteiger partial charge in [-0.2, -0.15) is 0 Å². The fourth-order valence-corrected chi connectivity index (χ4v) is 8.39. The Labute approximate surface area is 246 Å². The minimum atomic E-state index is -0.973. The molecule has 0 aromatic heterocycles. The van der Waals surface area contributed by atoms with Gasteiger partial charge in [0.05, 0.1) is 18.8 Å². The highest BCUT2D eigenvalue weighted by Crippen LogP contribution is 2.69. The molecule has 0 saturated heterocycles. The third-order valence-electron chi connectivity index (χ3n) is 10.3. The van der Waals surface area contributed by atoms with E-state index in [1.54, 1.807) is 27.0 Å². The van der Waals surface area contributed by atoms with E-state index in [0.29, 0.717) is 12.8 Å². The van der Waals surface area contributed by atoms with Crippen molar-refractivity contribution in [3.05, 3.63) is 47.1 Å². The summed E-state index contributed by atoms with van der Waals surface area (Å²) < 4.78 is 16.6. The zero-order chi connectivity index (χ0) is 31.0. The van der Waals surface area contributed by atoms with E-state index in [1.807, 2.05) is 45.1 Å². The maximum absolute atomic E-state index is 13.7. The molecule has 3 aliphatic rings. The molecule has 3 aliphatic carbocycles. The van der Waals surface area contributed by atoms with E-state index in [2.05, 4.69) is 13.8 Å². The summed E-state index contributed by atoms with van der Waals surface area (Å²) in [7, 11) is 3.02. The van der Waals surface area contributed by atoms with E-state index in [-0.39, 0.29) is 40.5 Å². The van der Waals surface area contributed by atoms with Gasteiger partial charge in [-0.15, -0.1) is 0 Å². The van der Waals surface area contributed by atoms with Gasteiger partial charge in [-0.1, -0.05) is 44.2 Å². The van der Waals surface area contributed by atoms with Crippen molar-refractivity contribution < 1.29 is 33.7 Å². The number of ketones is 1. The summed E-state index contributed by atoms with van der Waals surface area (Å²) >= 11 is 0. The van der Waals surface area contributed by atoms with E-state index in [9.17, 15) is 19.5 Å². The molecule has 0 amide bonds. The number of esters is 2. The van der Waals surface area contributed by atoms with Crippen LogP contribution < -0.4 is 0 Å². The molecule has 0 aromatic carbocycles. The minimum absolute atomic E-state index is 0.0731. The SMILES string of the molecule is COC(=O)[C@]1(C)[C@@H]2CC[C@]3(C)\C(=C(C)/C=C/C=C(\C)[C@@H](/C=C/C(C)(C)O)OC)C(=O)C[C@@H]3[C@@]2(C)CC[C@H]1OC(C)=O. The van der Waals surface area contributed by atoms with Gasteiger partial charge in [0.2, 0.25) is 0 Å². The van der Waals surface area contributed by atoms with Crippen LogP contribution in [-0.2, 0) is 28.6 Å². The lowest BCUT2D eigenvalue weighted by Crippen LogP contribution is -2.62. The Morgan fingerprint density at radius 1 is 1.05 bits per heavy atom. The van der Waals surface area contributed by atoms with Gasteiger partial charge in [0.15, 0.2) is 5.78 Å². The quantitative estimate of drug-likeness (QED) is 0.164. The molecule has 3 fully saturated rings. The summed E-state index contributed by atoms with van der Waals surface area (Å²) in [6.07, 6.45) is 12.0. The number of hydrogen-bond acceptors (Lipinski definition) is 7. The number of allylic oxidation sites excluding steroid dienone is 5. The molecule has 0 heterocycles. The van der Waals surface area contributed by atoms with Gasteiger partial charge in [-0.25, -0.2) is 0 Å². The van der Waals surface area contributed by atoms with E-state index in [4.69, 9.17) is 14.2 Å². The number of carbonyl (C=O) groups is 3. The largest absolute Gasteiger partial charge is 0.468 e. The molecule has 3 rings (SSSR count). The minimum Gasteiger partial charge on any atom is -0.468 e. The molecule has 0 bridgehead atoms. The average molecular weight is 571 g/mol. The summed E-state index contributed by atoms with van der Waals surface area (Å²) in [5, 5.41) is 10.0. The van der Waals surface area contributed by atoms with Crippen molar-refractivity contribution in [2.75, 3.05) is 14.2 Å². The Kier molecular flexibility index (Phi) is 9.66. The number of ether oxygens (including phenoxy) is 3. The highest BCUT2D eigenvalue weighted by Gasteiger charge is 2.68. The van der Waals surface area contributed by atoms with Crippen molar-refractivity contribution in [1.82, 2.24) is 0 Å². The predicted octanol–water partition coefficient (Wildman–Crippen LogP) is 6.06. The summed E-state index contributed by atoms with van der Waals surface area (Å²) in [6.45, 7) is 15.1. The first kappa shape index (κ1) is 33.0. The first-order chi connectivity index (χ1) is 19.0. The third kappa shape index (κ3) is 6.17. The van der Waals surface area contributed by atoms with Crippen LogP contribution in [0.2, 0.25) is 0 Å². The van der Waals surface area contributed by atoms with E-state index >= 15 is 0 Å². The van der Waals surface area contributed by atoms with Gasteiger partial charge in [0, 0.05) is 31.4 Å². The number of fused-ring (bicyclic) bond motifs is 3. The summed E-state index contributed by atoms with van der Waals surface area (Å²) in [5.41, 5.74) is 0.316. The highest BCUT2D eigenvalue weighted by molar-refractivity contribution is 6.01. The summed E-state index contributed by atoms with van der Waals surface area (Å²) in [4.78, 5) is 38.9. The van der Waals surface area contributed by atoms with Crippen LogP contribution in [0, 0.1) is 28.1 Å². The number of rotatable bonds is 8. The molecular formula is C34H50O7. The second-order valence-corrected chi connectivity index (χ2v) is 13.6. The Bertz CT molecular complexity index is 1170. The molecule has 7 heteroatoms. The van der Waals surface area contributed by atoms with Gasteiger partial charge in [-0.05, 0) is 88.7 Å². The fourth-order valence-electron chi connectivity index (χ4n) is 8.39. The van der Waals surface area contributed by atoms with Crippen molar-refractivity contribution in [2.24, 2.45) is 28.1 Å². The van der Waals surface area contributed by atoms with Gasteiger partial charge in [0.1, 0.15) is 11.5 Å².